The molecule has 1 unspecified atom stereocenters. The lowest BCUT2D eigenvalue weighted by atomic mass is 10.1. The Morgan fingerprint density at radius 2 is 2.32 bits per heavy atom. The van der Waals surface area contributed by atoms with E-state index in [0.717, 1.165) is 16.7 Å². The summed E-state index contributed by atoms with van der Waals surface area (Å²) in [4.78, 5) is 19.4. The number of carbonyl (C=O) groups is 1. The van der Waals surface area contributed by atoms with Crippen LogP contribution < -0.4 is 5.32 Å². The summed E-state index contributed by atoms with van der Waals surface area (Å²) in [6.07, 6.45) is 4.15. The zero-order valence-electron chi connectivity index (χ0n) is 10.3. The highest BCUT2D eigenvalue weighted by atomic mass is 79.9. The van der Waals surface area contributed by atoms with Gasteiger partial charge in [-0.1, -0.05) is 34.5 Å². The van der Waals surface area contributed by atoms with Crippen molar-refractivity contribution in [3.63, 3.8) is 0 Å². The molecule has 2 N–H and O–H groups in total. The summed E-state index contributed by atoms with van der Waals surface area (Å²) in [6, 6.07) is 4.97. The average molecular weight is 343 g/mol. The van der Waals surface area contributed by atoms with E-state index in [2.05, 4.69) is 31.2 Å². The maximum absolute atomic E-state index is 12.2. The maximum Gasteiger partial charge on any atom is 0.251 e. The number of nitrogens with zero attached hydrogens (tertiary/aromatic N) is 1. The molecule has 6 heteroatoms. The van der Waals surface area contributed by atoms with Crippen molar-refractivity contribution in [1.82, 2.24) is 15.3 Å². The number of benzene rings is 1. The van der Waals surface area contributed by atoms with E-state index in [4.69, 9.17) is 11.6 Å². The Hall–Kier alpha value is -1.33. The van der Waals surface area contributed by atoms with Crippen LogP contribution in [-0.2, 0) is 0 Å². The van der Waals surface area contributed by atoms with Gasteiger partial charge in [-0.05, 0) is 24.6 Å². The smallest absolute Gasteiger partial charge is 0.251 e. The van der Waals surface area contributed by atoms with Crippen LogP contribution in [0.1, 0.15) is 35.6 Å². The molecule has 0 fully saturated rings. The van der Waals surface area contributed by atoms with Gasteiger partial charge < -0.3 is 10.3 Å². The largest absolute Gasteiger partial charge is 0.347 e. The normalized spacial score (nSPS) is 12.2. The van der Waals surface area contributed by atoms with Crippen LogP contribution in [-0.4, -0.2) is 15.9 Å². The Balaban J connectivity index is 2.15. The summed E-state index contributed by atoms with van der Waals surface area (Å²) in [5.41, 5.74) is 0.518. The molecule has 0 saturated carbocycles. The minimum Gasteiger partial charge on any atom is -0.347 e. The van der Waals surface area contributed by atoms with Gasteiger partial charge >= 0.3 is 0 Å². The first-order chi connectivity index (χ1) is 9.10. The number of hydrogen-bond donors (Lipinski definition) is 2. The van der Waals surface area contributed by atoms with Crippen LogP contribution in [0.15, 0.2) is 35.1 Å². The number of aromatic amines is 1. The lowest BCUT2D eigenvalue weighted by Crippen LogP contribution is -2.28. The van der Waals surface area contributed by atoms with E-state index in [1.807, 2.05) is 6.92 Å². The molecule has 0 aliphatic heterocycles. The number of nitrogens with one attached hydrogen (secondary N) is 2. The fourth-order valence-corrected chi connectivity index (χ4v) is 2.62. The number of aromatic nitrogens is 2. The average Bonchev–Trinajstić information content (AvgIpc) is 2.88. The predicted molar refractivity (Wildman–Crippen MR) is 78.2 cm³/mol. The van der Waals surface area contributed by atoms with Crippen molar-refractivity contribution in [2.24, 2.45) is 0 Å². The van der Waals surface area contributed by atoms with Crippen LogP contribution in [0.4, 0.5) is 0 Å². The standard InChI is InChI=1S/C13H13BrClN3O/c1-2-11(12-16-3-4-17-12)18-13(19)8-5-9(14)7-10(15)6-8/h3-7,11H,2H2,1H3,(H,16,17)(H,18,19). The van der Waals surface area contributed by atoms with Gasteiger partial charge in [-0.3, -0.25) is 4.79 Å². The Morgan fingerprint density at radius 3 is 2.89 bits per heavy atom. The minimum absolute atomic E-state index is 0.139. The molecule has 2 rings (SSSR count). The van der Waals surface area contributed by atoms with Crippen LogP contribution in [0.25, 0.3) is 0 Å². The number of imidazole rings is 1. The molecule has 0 saturated heterocycles. The van der Waals surface area contributed by atoms with Crippen molar-refractivity contribution in [1.29, 1.82) is 0 Å². The molecule has 0 bridgehead atoms. The van der Waals surface area contributed by atoms with Gasteiger partial charge in [-0.15, -0.1) is 0 Å². The molecule has 1 atom stereocenters. The molecule has 1 aromatic carbocycles. The van der Waals surface area contributed by atoms with E-state index in [-0.39, 0.29) is 11.9 Å². The third kappa shape index (κ3) is 3.58. The minimum atomic E-state index is -0.175. The van der Waals surface area contributed by atoms with E-state index in [1.54, 1.807) is 30.6 Å². The van der Waals surface area contributed by atoms with Gasteiger partial charge in [-0.2, -0.15) is 0 Å². The highest BCUT2D eigenvalue weighted by Crippen LogP contribution is 2.20. The van der Waals surface area contributed by atoms with Crippen molar-refractivity contribution in [2.75, 3.05) is 0 Å². The van der Waals surface area contributed by atoms with Gasteiger partial charge in [0.25, 0.3) is 5.91 Å². The molecule has 0 aliphatic carbocycles. The molecule has 1 aromatic heterocycles. The Kier molecular flexibility index (Phi) is 4.61. The van der Waals surface area contributed by atoms with Crippen molar-refractivity contribution in [3.05, 3.63) is 51.5 Å². The SMILES string of the molecule is CCC(NC(=O)c1cc(Cl)cc(Br)c1)c1ncc[nH]1. The fourth-order valence-electron chi connectivity index (χ4n) is 1.76. The molecular weight excluding hydrogens is 330 g/mol. The van der Waals surface area contributed by atoms with Gasteiger partial charge in [0.15, 0.2) is 0 Å². The molecule has 0 spiro atoms. The molecular formula is C13H13BrClN3O. The van der Waals surface area contributed by atoms with Crippen molar-refractivity contribution < 1.29 is 4.79 Å². The number of amides is 1. The number of hydrogen-bond acceptors (Lipinski definition) is 2. The number of halogens is 2. The molecule has 2 aromatic rings. The van der Waals surface area contributed by atoms with E-state index in [1.165, 1.54) is 0 Å². The first-order valence-electron chi connectivity index (χ1n) is 5.86. The number of H-pyrrole nitrogens is 1. The molecule has 4 nitrogen and oxygen atoms in total. The van der Waals surface area contributed by atoms with Crippen LogP contribution in [0, 0.1) is 0 Å². The highest BCUT2D eigenvalue weighted by molar-refractivity contribution is 9.10. The molecule has 1 heterocycles. The summed E-state index contributed by atoms with van der Waals surface area (Å²) in [7, 11) is 0. The van der Waals surface area contributed by atoms with E-state index in [0.29, 0.717) is 10.6 Å². The lowest BCUT2D eigenvalue weighted by Gasteiger charge is -2.15. The number of carbonyl (C=O) groups excluding carboxylic acids is 1. The van der Waals surface area contributed by atoms with E-state index >= 15 is 0 Å². The summed E-state index contributed by atoms with van der Waals surface area (Å²) in [5, 5.41) is 3.45. The fraction of sp³-hybridized carbons (Fsp3) is 0.231. The van der Waals surface area contributed by atoms with Crippen molar-refractivity contribution in [3.8, 4) is 0 Å². The maximum atomic E-state index is 12.2. The predicted octanol–water partition coefficient (Wildman–Crippen LogP) is 3.71. The zero-order chi connectivity index (χ0) is 13.8. The van der Waals surface area contributed by atoms with E-state index in [9.17, 15) is 4.79 Å². The third-order valence-corrected chi connectivity index (χ3v) is 3.36. The Labute approximate surface area is 124 Å². The highest BCUT2D eigenvalue weighted by Gasteiger charge is 2.16. The molecule has 0 radical (unpaired) electrons. The monoisotopic (exact) mass is 341 g/mol. The van der Waals surface area contributed by atoms with Gasteiger partial charge in [0, 0.05) is 27.5 Å². The second-order valence-electron chi connectivity index (χ2n) is 4.07. The van der Waals surface area contributed by atoms with Gasteiger partial charge in [-0.25, -0.2) is 4.98 Å². The van der Waals surface area contributed by atoms with E-state index < -0.39 is 0 Å². The van der Waals surface area contributed by atoms with Crippen LogP contribution in [0.3, 0.4) is 0 Å². The van der Waals surface area contributed by atoms with Crippen LogP contribution >= 0.6 is 27.5 Å². The zero-order valence-corrected chi connectivity index (χ0v) is 12.6. The first-order valence-corrected chi connectivity index (χ1v) is 7.03. The second kappa shape index (κ2) is 6.21. The molecule has 100 valence electrons. The topological polar surface area (TPSA) is 57.8 Å². The first kappa shape index (κ1) is 14.1. The molecule has 19 heavy (non-hydrogen) atoms. The third-order valence-electron chi connectivity index (χ3n) is 2.69. The van der Waals surface area contributed by atoms with Crippen molar-refractivity contribution >= 4 is 33.4 Å². The Morgan fingerprint density at radius 1 is 1.53 bits per heavy atom. The van der Waals surface area contributed by atoms with Crippen LogP contribution in [0.5, 0.6) is 0 Å². The lowest BCUT2D eigenvalue weighted by molar-refractivity contribution is 0.0934. The summed E-state index contributed by atoms with van der Waals surface area (Å²) < 4.78 is 0.774. The Bertz CT molecular complexity index is 551. The van der Waals surface area contributed by atoms with Gasteiger partial charge in [0.2, 0.25) is 0 Å². The second-order valence-corrected chi connectivity index (χ2v) is 5.42. The van der Waals surface area contributed by atoms with Crippen molar-refractivity contribution in [2.45, 2.75) is 19.4 Å². The molecule has 0 aliphatic rings. The van der Waals surface area contributed by atoms with Crippen LogP contribution in [0.2, 0.25) is 5.02 Å². The molecule has 1 amide bonds. The van der Waals surface area contributed by atoms with Gasteiger partial charge in [0.05, 0.1) is 6.04 Å². The van der Waals surface area contributed by atoms with Gasteiger partial charge in [0.1, 0.15) is 5.82 Å². The number of rotatable bonds is 4. The summed E-state index contributed by atoms with van der Waals surface area (Å²) >= 11 is 9.26. The summed E-state index contributed by atoms with van der Waals surface area (Å²) in [5.74, 6) is 0.573. The summed E-state index contributed by atoms with van der Waals surface area (Å²) in [6.45, 7) is 1.99. The quantitative estimate of drug-likeness (QED) is 0.890.